The number of hydrogen-bond donors (Lipinski definition) is 0. The van der Waals surface area contributed by atoms with E-state index >= 15 is 0 Å². The number of carbonyl (C=O) groups excluding carboxylic acids is 1. The Labute approximate surface area is 102 Å². The van der Waals surface area contributed by atoms with E-state index in [4.69, 9.17) is 0 Å². The van der Waals surface area contributed by atoms with E-state index in [1.807, 2.05) is 54.9 Å². The van der Waals surface area contributed by atoms with Crippen molar-refractivity contribution in [2.75, 3.05) is 0 Å². The van der Waals surface area contributed by atoms with Gasteiger partial charge >= 0.3 is 0 Å². The first-order chi connectivity index (χ1) is 8.13. The lowest BCUT2D eigenvalue weighted by Gasteiger charge is -2.06. The van der Waals surface area contributed by atoms with Crippen molar-refractivity contribution in [2.24, 2.45) is 7.05 Å². The van der Waals surface area contributed by atoms with Crippen LogP contribution in [-0.4, -0.2) is 10.4 Å². The molecule has 2 rings (SSSR count). The number of nitrogens with zero attached hydrogens (tertiary/aromatic N) is 1. The molecule has 0 atom stereocenters. The number of rotatable bonds is 3. The van der Waals surface area contributed by atoms with E-state index in [0.717, 1.165) is 17.7 Å². The summed E-state index contributed by atoms with van der Waals surface area (Å²) in [4.78, 5) is 12.3. The second-order valence-electron chi connectivity index (χ2n) is 4.32. The van der Waals surface area contributed by atoms with Crippen molar-refractivity contribution >= 4 is 5.78 Å². The Bertz CT molecular complexity index is 535. The maximum absolute atomic E-state index is 12.3. The van der Waals surface area contributed by atoms with Crippen LogP contribution in [0.5, 0.6) is 0 Å². The van der Waals surface area contributed by atoms with E-state index in [0.29, 0.717) is 0 Å². The molecule has 0 spiro atoms. The van der Waals surface area contributed by atoms with E-state index in [-0.39, 0.29) is 5.78 Å². The highest BCUT2D eigenvalue weighted by molar-refractivity contribution is 6.08. The zero-order valence-electron chi connectivity index (χ0n) is 10.5. The number of ketones is 1. The third-order valence-corrected chi connectivity index (χ3v) is 3.13. The quantitative estimate of drug-likeness (QED) is 0.738. The van der Waals surface area contributed by atoms with Gasteiger partial charge in [-0.3, -0.25) is 4.79 Å². The van der Waals surface area contributed by atoms with Gasteiger partial charge in [0.05, 0.1) is 5.69 Å². The van der Waals surface area contributed by atoms with Gasteiger partial charge in [-0.1, -0.05) is 36.8 Å². The second-order valence-corrected chi connectivity index (χ2v) is 4.32. The number of benzene rings is 1. The van der Waals surface area contributed by atoms with Gasteiger partial charge in [0.2, 0.25) is 5.78 Å². The zero-order chi connectivity index (χ0) is 12.4. The Morgan fingerprint density at radius 2 is 1.76 bits per heavy atom. The minimum atomic E-state index is 0.0900. The van der Waals surface area contributed by atoms with Crippen molar-refractivity contribution in [1.82, 2.24) is 4.57 Å². The van der Waals surface area contributed by atoms with E-state index < -0.39 is 0 Å². The predicted molar refractivity (Wildman–Crippen MR) is 69.4 cm³/mol. The molecule has 17 heavy (non-hydrogen) atoms. The molecular formula is C15H17NO. The van der Waals surface area contributed by atoms with Gasteiger partial charge in [-0.2, -0.15) is 0 Å². The third-order valence-electron chi connectivity index (χ3n) is 3.13. The highest BCUT2D eigenvalue weighted by Crippen LogP contribution is 2.14. The summed E-state index contributed by atoms with van der Waals surface area (Å²) in [5.41, 5.74) is 3.85. The van der Waals surface area contributed by atoms with Crippen LogP contribution in [0.1, 0.15) is 34.2 Å². The van der Waals surface area contributed by atoms with Crippen LogP contribution in [0.15, 0.2) is 36.4 Å². The highest BCUT2D eigenvalue weighted by atomic mass is 16.1. The van der Waals surface area contributed by atoms with Gasteiger partial charge in [0, 0.05) is 18.3 Å². The van der Waals surface area contributed by atoms with E-state index in [1.54, 1.807) is 0 Å². The van der Waals surface area contributed by atoms with Crippen LogP contribution in [0, 0.1) is 6.92 Å². The molecule has 1 aromatic carbocycles. The second kappa shape index (κ2) is 4.58. The normalized spacial score (nSPS) is 10.5. The van der Waals surface area contributed by atoms with Crippen LogP contribution < -0.4 is 0 Å². The zero-order valence-corrected chi connectivity index (χ0v) is 10.5. The van der Waals surface area contributed by atoms with Gasteiger partial charge in [-0.05, 0) is 25.5 Å². The molecule has 2 nitrogen and oxygen atoms in total. The van der Waals surface area contributed by atoms with Gasteiger partial charge in [0.1, 0.15) is 0 Å². The Morgan fingerprint density at radius 1 is 1.12 bits per heavy atom. The van der Waals surface area contributed by atoms with Crippen molar-refractivity contribution in [3.63, 3.8) is 0 Å². The molecule has 0 bridgehead atoms. The SMILES string of the molecule is CCc1ccc(C(=O)c2ccc(C)cc2)n1C. The summed E-state index contributed by atoms with van der Waals surface area (Å²) < 4.78 is 1.97. The molecule has 0 aliphatic rings. The first-order valence-corrected chi connectivity index (χ1v) is 5.89. The highest BCUT2D eigenvalue weighted by Gasteiger charge is 2.13. The van der Waals surface area contributed by atoms with Gasteiger partial charge in [-0.15, -0.1) is 0 Å². The standard InChI is InChI=1S/C15H17NO/c1-4-13-9-10-14(16(13)3)15(17)12-7-5-11(2)6-8-12/h5-10H,4H2,1-3H3. The molecule has 0 saturated heterocycles. The summed E-state index contributed by atoms with van der Waals surface area (Å²) in [5, 5.41) is 0. The van der Waals surface area contributed by atoms with Crippen molar-refractivity contribution in [3.05, 3.63) is 58.9 Å². The fourth-order valence-corrected chi connectivity index (χ4v) is 1.99. The minimum absolute atomic E-state index is 0.0900. The summed E-state index contributed by atoms with van der Waals surface area (Å²) in [7, 11) is 1.94. The van der Waals surface area contributed by atoms with Crippen molar-refractivity contribution < 1.29 is 4.79 Å². The molecule has 2 aromatic rings. The summed E-state index contributed by atoms with van der Waals surface area (Å²) >= 11 is 0. The monoisotopic (exact) mass is 227 g/mol. The van der Waals surface area contributed by atoms with Crippen LogP contribution >= 0.6 is 0 Å². The van der Waals surface area contributed by atoms with Crippen LogP contribution in [0.4, 0.5) is 0 Å². The molecule has 0 amide bonds. The van der Waals surface area contributed by atoms with Gasteiger partial charge < -0.3 is 4.57 Å². The topological polar surface area (TPSA) is 22.0 Å². The lowest BCUT2D eigenvalue weighted by molar-refractivity contribution is 0.103. The molecule has 0 saturated carbocycles. The van der Waals surface area contributed by atoms with Gasteiger partial charge in [0.15, 0.2) is 0 Å². The Hall–Kier alpha value is -1.83. The van der Waals surface area contributed by atoms with Gasteiger partial charge in [-0.25, -0.2) is 0 Å². The molecule has 0 N–H and O–H groups in total. The van der Waals surface area contributed by atoms with Crippen LogP contribution in [0.2, 0.25) is 0 Å². The maximum atomic E-state index is 12.3. The van der Waals surface area contributed by atoms with E-state index in [1.165, 1.54) is 11.3 Å². The Kier molecular flexibility index (Phi) is 3.14. The van der Waals surface area contributed by atoms with E-state index in [2.05, 4.69) is 6.92 Å². The molecule has 0 aliphatic carbocycles. The van der Waals surface area contributed by atoms with Crippen LogP contribution in [0.25, 0.3) is 0 Å². The lowest BCUT2D eigenvalue weighted by atomic mass is 10.1. The number of carbonyl (C=O) groups is 1. The van der Waals surface area contributed by atoms with Gasteiger partial charge in [0.25, 0.3) is 0 Å². The molecule has 88 valence electrons. The maximum Gasteiger partial charge on any atom is 0.209 e. The molecule has 1 aromatic heterocycles. The molecule has 0 aliphatic heterocycles. The number of hydrogen-bond acceptors (Lipinski definition) is 1. The third kappa shape index (κ3) is 2.16. The smallest absolute Gasteiger partial charge is 0.209 e. The molecule has 0 radical (unpaired) electrons. The average molecular weight is 227 g/mol. The summed E-state index contributed by atoms with van der Waals surface area (Å²) in [6, 6.07) is 11.6. The molecule has 0 unspecified atom stereocenters. The fourth-order valence-electron chi connectivity index (χ4n) is 1.99. The Balaban J connectivity index is 2.37. The average Bonchev–Trinajstić information content (AvgIpc) is 2.70. The van der Waals surface area contributed by atoms with Crippen molar-refractivity contribution in [1.29, 1.82) is 0 Å². The first kappa shape index (κ1) is 11.6. The lowest BCUT2D eigenvalue weighted by Crippen LogP contribution is -2.08. The number of aromatic nitrogens is 1. The molecule has 0 fully saturated rings. The summed E-state index contributed by atoms with van der Waals surface area (Å²) in [6.07, 6.45) is 0.942. The molecular weight excluding hydrogens is 210 g/mol. The largest absolute Gasteiger partial charge is 0.345 e. The van der Waals surface area contributed by atoms with Crippen molar-refractivity contribution in [3.8, 4) is 0 Å². The number of aryl methyl sites for hydroxylation is 2. The molecule has 1 heterocycles. The van der Waals surface area contributed by atoms with Crippen LogP contribution in [0.3, 0.4) is 0 Å². The fraction of sp³-hybridized carbons (Fsp3) is 0.267. The molecule has 2 heteroatoms. The first-order valence-electron chi connectivity index (χ1n) is 5.89. The summed E-state index contributed by atoms with van der Waals surface area (Å²) in [5.74, 6) is 0.0900. The predicted octanol–water partition coefficient (Wildman–Crippen LogP) is 3.13. The minimum Gasteiger partial charge on any atom is -0.345 e. The van der Waals surface area contributed by atoms with E-state index in [9.17, 15) is 4.79 Å². The Morgan fingerprint density at radius 3 is 2.29 bits per heavy atom. The summed E-state index contributed by atoms with van der Waals surface area (Å²) in [6.45, 7) is 4.11. The van der Waals surface area contributed by atoms with Crippen molar-refractivity contribution in [2.45, 2.75) is 20.3 Å². The van der Waals surface area contributed by atoms with Crippen LogP contribution in [-0.2, 0) is 13.5 Å².